The van der Waals surface area contributed by atoms with Crippen molar-refractivity contribution in [2.45, 2.75) is 144 Å². The minimum atomic E-state index is -1.85. The number of thioether (sulfide) groups is 1. The number of hydrogen-bond acceptors (Lipinski definition) is 12. The first-order chi connectivity index (χ1) is 35.8. The second-order valence-electron chi connectivity index (χ2n) is 22.0. The van der Waals surface area contributed by atoms with Crippen LogP contribution in [0, 0.1) is 17.8 Å². The summed E-state index contributed by atoms with van der Waals surface area (Å²) in [5.74, 6) is 2.44. The van der Waals surface area contributed by atoms with Crippen LogP contribution < -0.4 is 21.1 Å². The summed E-state index contributed by atoms with van der Waals surface area (Å²) in [5.41, 5.74) is 8.91. The number of para-hydroxylation sites is 1. The van der Waals surface area contributed by atoms with E-state index in [-0.39, 0.29) is 24.5 Å². The number of benzene rings is 3. The molecule has 4 N–H and O–H groups in total. The molecule has 5 fully saturated rings. The lowest BCUT2D eigenvalue weighted by Crippen LogP contribution is -2.57. The van der Waals surface area contributed by atoms with Gasteiger partial charge in [-0.2, -0.15) is 24.4 Å². The fourth-order valence-corrected chi connectivity index (χ4v) is 13.8. The number of aromatic nitrogens is 2. The molecule has 1 aliphatic heterocycles. The number of carbonyl (C=O) groups excluding carboxylic acids is 3. The molecular weight excluding hydrogens is 986 g/mol. The van der Waals surface area contributed by atoms with Crippen LogP contribution in [0.4, 0.5) is 10.2 Å². The second-order valence-corrected chi connectivity index (χ2v) is 24.8. The number of thiophene rings is 1. The number of thiol groups is 1. The van der Waals surface area contributed by atoms with Gasteiger partial charge in [-0.15, -0.1) is 11.3 Å². The summed E-state index contributed by atoms with van der Waals surface area (Å²) in [6, 6.07) is 26.0. The molecule has 396 valence electrons. The standard InChI is InChI=1S/C35H43N5OS.C24H33FN2O3S2/c36-35-31-32(37-24-38-35)34(42-33(31)26-13-17-30(18-14-26)41-29-9-5-2-6-10-29)27-11-15-28(16-12-27)40-21-19-39(20-22-40)23-25-7-3-1-4-8-25;1-23(2,32-3)20(27-22(30)24(25)11-12-24)19(28)17-5-4-6-18(17)21(29)26-13-15-7-9-16(14-31)10-8-15/h2,5-6,9-10,13-14,17-18,24-25,27-28H,1,3-4,7-8,11-12,15-16,19-23H2,(H2,36,37,38);7-10,17-18,20,31H,4-6,11-14H2,1-3H3,(H,26,29)(H,27,30). The third-order valence-electron chi connectivity index (χ3n) is 16.6. The molecule has 15 heteroatoms. The third-order valence-corrected chi connectivity index (χ3v) is 19.7. The highest BCUT2D eigenvalue weighted by molar-refractivity contribution is 8.00. The SMILES string of the molecule is CSC(C)(C)C(NC(=O)C1(F)CC1)C(=O)C1CCCC1C(=O)NCc1ccc(CS)cc1.Nc1ncnc2c(C3CCC(N4CCN(CC5CCCCC5)CC4)CC3)sc(-c3ccc(Oc4ccccc4)cc3)c12. The number of anilines is 1. The molecule has 3 heterocycles. The number of Topliss-reactive ketones (excluding diaryl/α,β-unsaturated/α-hetero) is 1. The maximum atomic E-state index is 14.3. The van der Waals surface area contributed by atoms with Gasteiger partial charge in [-0.3, -0.25) is 19.3 Å². The predicted octanol–water partition coefficient (Wildman–Crippen LogP) is 11.8. The van der Waals surface area contributed by atoms with E-state index in [4.69, 9.17) is 15.5 Å². The Morgan fingerprint density at radius 3 is 2.16 bits per heavy atom. The van der Waals surface area contributed by atoms with Crippen LogP contribution in [0.5, 0.6) is 11.5 Å². The second kappa shape index (κ2) is 24.6. The van der Waals surface area contributed by atoms with Gasteiger partial charge in [-0.05, 0) is 149 Å². The van der Waals surface area contributed by atoms with E-state index >= 15 is 0 Å². The Labute approximate surface area is 451 Å². The lowest BCUT2D eigenvalue weighted by Gasteiger charge is -2.43. The normalized spacial score (nSPS) is 22.8. The van der Waals surface area contributed by atoms with Crippen LogP contribution in [0.3, 0.4) is 0 Å². The number of halogens is 1. The van der Waals surface area contributed by atoms with Gasteiger partial charge >= 0.3 is 0 Å². The van der Waals surface area contributed by atoms with Crippen molar-refractivity contribution in [3.8, 4) is 21.9 Å². The molecule has 3 unspecified atom stereocenters. The number of carbonyl (C=O) groups is 3. The molecule has 0 radical (unpaired) electrons. The number of hydrogen-bond donors (Lipinski definition) is 4. The summed E-state index contributed by atoms with van der Waals surface area (Å²) in [6.45, 7) is 10.4. The third kappa shape index (κ3) is 13.2. The zero-order valence-corrected chi connectivity index (χ0v) is 46.1. The van der Waals surface area contributed by atoms with Gasteiger partial charge in [-0.25, -0.2) is 14.4 Å². The highest BCUT2D eigenvalue weighted by Gasteiger charge is 2.54. The summed E-state index contributed by atoms with van der Waals surface area (Å²) in [7, 11) is 0. The monoisotopic (exact) mass is 1060 g/mol. The molecule has 4 saturated carbocycles. The Morgan fingerprint density at radius 1 is 0.838 bits per heavy atom. The summed E-state index contributed by atoms with van der Waals surface area (Å²) in [5, 5.41) is 6.67. The molecular formula is C59H76FN7O4S3. The molecule has 5 aromatic rings. The van der Waals surface area contributed by atoms with Crippen molar-refractivity contribution < 1.29 is 23.5 Å². The van der Waals surface area contributed by atoms with Crippen LogP contribution in [0.15, 0.2) is 85.2 Å². The Bertz CT molecular complexity index is 2660. The van der Waals surface area contributed by atoms with Crippen LogP contribution in [0.1, 0.15) is 126 Å². The molecule has 10 rings (SSSR count). The van der Waals surface area contributed by atoms with Crippen molar-refractivity contribution in [3.05, 3.63) is 101 Å². The number of ketones is 1. The molecule has 2 aromatic heterocycles. The fourth-order valence-electron chi connectivity index (χ4n) is 11.8. The first-order valence-corrected chi connectivity index (χ1v) is 29.9. The van der Waals surface area contributed by atoms with Crippen molar-refractivity contribution in [2.24, 2.45) is 17.8 Å². The van der Waals surface area contributed by atoms with Crippen LogP contribution in [-0.4, -0.2) is 98.8 Å². The molecule has 74 heavy (non-hydrogen) atoms. The number of amides is 2. The first-order valence-electron chi connectivity index (χ1n) is 27.2. The summed E-state index contributed by atoms with van der Waals surface area (Å²) in [6.07, 6.45) is 18.1. The minimum Gasteiger partial charge on any atom is -0.457 e. The van der Waals surface area contributed by atoms with Gasteiger partial charge < -0.3 is 26.0 Å². The van der Waals surface area contributed by atoms with Crippen molar-refractivity contribution >= 4 is 70.0 Å². The molecule has 1 saturated heterocycles. The van der Waals surface area contributed by atoms with Crippen molar-refractivity contribution in [1.82, 2.24) is 30.4 Å². The van der Waals surface area contributed by atoms with Gasteiger partial charge in [0.15, 0.2) is 11.5 Å². The quantitative estimate of drug-likeness (QED) is 0.0665. The van der Waals surface area contributed by atoms with E-state index in [9.17, 15) is 18.8 Å². The van der Waals surface area contributed by atoms with E-state index < -0.39 is 34.2 Å². The lowest BCUT2D eigenvalue weighted by atomic mass is 9.83. The van der Waals surface area contributed by atoms with Gasteiger partial charge in [-0.1, -0.05) is 68.1 Å². The number of fused-ring (bicyclic) bond motifs is 1. The van der Waals surface area contributed by atoms with Gasteiger partial charge in [0.25, 0.3) is 5.91 Å². The Hall–Kier alpha value is -4.54. The number of alkyl halides is 1. The highest BCUT2D eigenvalue weighted by Crippen LogP contribution is 2.48. The fraction of sp³-hybridized carbons (Fsp3) is 0.542. The maximum absolute atomic E-state index is 14.3. The number of nitrogen functional groups attached to an aromatic ring is 1. The van der Waals surface area contributed by atoms with E-state index in [0.717, 1.165) is 57.5 Å². The zero-order chi connectivity index (χ0) is 51.8. The van der Waals surface area contributed by atoms with E-state index in [1.54, 1.807) is 6.33 Å². The lowest BCUT2D eigenvalue weighted by molar-refractivity contribution is -0.137. The number of piperazine rings is 1. The average molecular weight is 1060 g/mol. The molecule has 2 amide bonds. The summed E-state index contributed by atoms with van der Waals surface area (Å²) < 4.78 is 19.7. The van der Waals surface area contributed by atoms with Gasteiger partial charge in [0.2, 0.25) is 5.91 Å². The predicted molar refractivity (Wildman–Crippen MR) is 303 cm³/mol. The van der Waals surface area contributed by atoms with E-state index in [0.29, 0.717) is 36.9 Å². The van der Waals surface area contributed by atoms with Crippen molar-refractivity contribution in [3.63, 3.8) is 0 Å². The molecule has 4 aliphatic carbocycles. The summed E-state index contributed by atoms with van der Waals surface area (Å²) in [4.78, 5) is 56.2. The minimum absolute atomic E-state index is 0.143. The van der Waals surface area contributed by atoms with Gasteiger partial charge in [0.05, 0.1) is 10.9 Å². The molecule has 3 aromatic carbocycles. The molecule has 0 bridgehead atoms. The van der Waals surface area contributed by atoms with Crippen LogP contribution in [0.2, 0.25) is 0 Å². The van der Waals surface area contributed by atoms with E-state index in [2.05, 4.69) is 50.2 Å². The van der Waals surface area contributed by atoms with Crippen LogP contribution in [-0.2, 0) is 26.7 Å². The zero-order valence-electron chi connectivity index (χ0n) is 43.5. The Kier molecular flexibility index (Phi) is 18.1. The smallest absolute Gasteiger partial charge is 0.258 e. The molecule has 3 atom stereocenters. The van der Waals surface area contributed by atoms with Gasteiger partial charge in [0.1, 0.15) is 29.7 Å². The Morgan fingerprint density at radius 2 is 1.50 bits per heavy atom. The van der Waals surface area contributed by atoms with E-state index in [1.165, 1.54) is 112 Å². The maximum Gasteiger partial charge on any atom is 0.258 e. The number of rotatable bonds is 17. The van der Waals surface area contributed by atoms with Crippen molar-refractivity contribution in [2.75, 3.05) is 44.7 Å². The average Bonchev–Trinajstić information content (AvgIpc) is 3.79. The topological polar surface area (TPSA) is 143 Å². The molecule has 11 nitrogen and oxygen atoms in total. The van der Waals surface area contributed by atoms with Crippen LogP contribution >= 0.6 is 35.7 Å². The number of ether oxygens (including phenoxy) is 1. The highest BCUT2D eigenvalue weighted by atomic mass is 32.2. The summed E-state index contributed by atoms with van der Waals surface area (Å²) >= 11 is 7.57. The Balaban J connectivity index is 0.000000189. The number of nitrogens with two attached hydrogens (primary N) is 1. The van der Waals surface area contributed by atoms with Crippen molar-refractivity contribution in [1.29, 1.82) is 0 Å². The van der Waals surface area contributed by atoms with Crippen LogP contribution in [0.25, 0.3) is 21.3 Å². The molecule has 0 spiro atoms. The number of nitrogens with zero attached hydrogens (tertiary/aromatic N) is 4. The van der Waals surface area contributed by atoms with E-state index in [1.807, 2.05) is 98.2 Å². The molecule has 5 aliphatic rings. The number of nitrogens with one attached hydrogen (secondary N) is 2. The largest absolute Gasteiger partial charge is 0.457 e. The van der Waals surface area contributed by atoms with Gasteiger partial charge in [0, 0.05) is 77.4 Å². The first kappa shape index (κ1) is 54.3.